The lowest BCUT2D eigenvalue weighted by Crippen LogP contribution is -2.32. The van der Waals surface area contributed by atoms with Gasteiger partial charge in [-0.3, -0.25) is 0 Å². The Balaban J connectivity index is 2.33. The minimum atomic E-state index is -3.72. The van der Waals surface area contributed by atoms with Crippen LogP contribution in [0, 0.1) is 0 Å². The Hall–Kier alpha value is -1.37. The first-order valence-electron chi connectivity index (χ1n) is 4.74. The smallest absolute Gasteiger partial charge is 0.275 e. The zero-order chi connectivity index (χ0) is 11.8. The minimum Gasteiger partial charge on any atom is -0.459 e. The van der Waals surface area contributed by atoms with Crippen molar-refractivity contribution in [3.8, 4) is 0 Å². The summed E-state index contributed by atoms with van der Waals surface area (Å²) in [5.41, 5.74) is 0.723. The molecule has 3 N–H and O–H groups in total. The van der Waals surface area contributed by atoms with Gasteiger partial charge in [0.25, 0.3) is 10.2 Å². The second-order valence-electron chi connectivity index (χ2n) is 3.57. The number of nitrogens with one attached hydrogen (secondary N) is 1. The average molecular weight is 240 g/mol. The standard InChI is InChI=1S/C10H12N2O3S/c1-7(12-16(11,13)14)10-6-8-4-2-3-5-9(8)15-10/h2-7,12H,1H3,(H2,11,13,14). The Bertz CT molecular complexity index is 570. The van der Waals surface area contributed by atoms with Crippen molar-refractivity contribution >= 4 is 21.2 Å². The molecule has 1 atom stereocenters. The Morgan fingerprint density at radius 3 is 2.69 bits per heavy atom. The van der Waals surface area contributed by atoms with Gasteiger partial charge < -0.3 is 4.42 Å². The summed E-state index contributed by atoms with van der Waals surface area (Å²) in [5, 5.41) is 5.82. The van der Waals surface area contributed by atoms with Crippen LogP contribution in [0.4, 0.5) is 0 Å². The van der Waals surface area contributed by atoms with Crippen molar-refractivity contribution in [3.05, 3.63) is 36.1 Å². The Morgan fingerprint density at radius 2 is 2.06 bits per heavy atom. The van der Waals surface area contributed by atoms with E-state index in [1.807, 2.05) is 24.3 Å². The van der Waals surface area contributed by atoms with Crippen molar-refractivity contribution in [2.45, 2.75) is 13.0 Å². The first-order valence-corrected chi connectivity index (χ1v) is 6.29. The maximum atomic E-state index is 10.9. The Labute approximate surface area is 93.4 Å². The molecule has 0 spiro atoms. The molecule has 1 heterocycles. The molecule has 0 aliphatic rings. The van der Waals surface area contributed by atoms with Gasteiger partial charge in [-0.05, 0) is 19.1 Å². The third kappa shape index (κ3) is 2.41. The molecule has 0 aliphatic heterocycles. The summed E-state index contributed by atoms with van der Waals surface area (Å²) in [5.74, 6) is 0.537. The number of hydrogen-bond acceptors (Lipinski definition) is 3. The van der Waals surface area contributed by atoms with E-state index in [2.05, 4.69) is 4.72 Å². The van der Waals surface area contributed by atoms with Crippen molar-refractivity contribution in [1.82, 2.24) is 4.72 Å². The highest BCUT2D eigenvalue weighted by atomic mass is 32.2. The van der Waals surface area contributed by atoms with Crippen molar-refractivity contribution in [1.29, 1.82) is 0 Å². The zero-order valence-electron chi connectivity index (χ0n) is 8.67. The molecule has 1 aromatic heterocycles. The van der Waals surface area contributed by atoms with E-state index >= 15 is 0 Å². The van der Waals surface area contributed by atoms with E-state index in [4.69, 9.17) is 9.56 Å². The van der Waals surface area contributed by atoms with Crippen LogP contribution in [0.2, 0.25) is 0 Å². The van der Waals surface area contributed by atoms with Gasteiger partial charge in [0.15, 0.2) is 0 Å². The van der Waals surface area contributed by atoms with E-state index in [9.17, 15) is 8.42 Å². The fourth-order valence-electron chi connectivity index (χ4n) is 1.52. The number of rotatable bonds is 3. The first kappa shape index (κ1) is 11.1. The maximum absolute atomic E-state index is 10.9. The van der Waals surface area contributed by atoms with Crippen molar-refractivity contribution < 1.29 is 12.8 Å². The molecule has 2 rings (SSSR count). The monoisotopic (exact) mass is 240 g/mol. The maximum Gasteiger partial charge on any atom is 0.275 e. The fourth-order valence-corrected chi connectivity index (χ4v) is 2.13. The van der Waals surface area contributed by atoms with Crippen LogP contribution in [0.3, 0.4) is 0 Å². The fraction of sp³-hybridized carbons (Fsp3) is 0.200. The van der Waals surface area contributed by atoms with Gasteiger partial charge in [-0.15, -0.1) is 0 Å². The van der Waals surface area contributed by atoms with Crippen LogP contribution in [0.1, 0.15) is 18.7 Å². The van der Waals surface area contributed by atoms with Crippen LogP contribution in [0.5, 0.6) is 0 Å². The van der Waals surface area contributed by atoms with Crippen LogP contribution >= 0.6 is 0 Å². The molecule has 1 unspecified atom stereocenters. The van der Waals surface area contributed by atoms with Gasteiger partial charge >= 0.3 is 0 Å². The van der Waals surface area contributed by atoms with E-state index in [1.54, 1.807) is 13.0 Å². The number of furan rings is 1. The van der Waals surface area contributed by atoms with Crippen LogP contribution in [-0.4, -0.2) is 8.42 Å². The van der Waals surface area contributed by atoms with Crippen LogP contribution in [-0.2, 0) is 10.2 Å². The van der Waals surface area contributed by atoms with Gasteiger partial charge in [0.1, 0.15) is 11.3 Å². The largest absolute Gasteiger partial charge is 0.459 e. The first-order chi connectivity index (χ1) is 7.46. The SMILES string of the molecule is CC(NS(N)(=O)=O)c1cc2ccccc2o1. The number of nitrogens with two attached hydrogens (primary N) is 1. The van der Waals surface area contributed by atoms with E-state index in [-0.39, 0.29) is 0 Å². The van der Waals surface area contributed by atoms with Gasteiger partial charge in [0, 0.05) is 5.39 Å². The summed E-state index contributed by atoms with van der Waals surface area (Å²) in [4.78, 5) is 0. The summed E-state index contributed by atoms with van der Waals surface area (Å²) in [6, 6.07) is 8.77. The second-order valence-corrected chi connectivity index (χ2v) is 4.90. The molecule has 6 heteroatoms. The summed E-state index contributed by atoms with van der Waals surface area (Å²) in [6.45, 7) is 1.67. The molecule has 0 amide bonds. The molecule has 0 radical (unpaired) electrons. The summed E-state index contributed by atoms with van der Waals surface area (Å²) in [7, 11) is -3.72. The molecular formula is C10H12N2O3S. The molecule has 0 saturated heterocycles. The van der Waals surface area contributed by atoms with E-state index in [0.717, 1.165) is 11.0 Å². The third-order valence-corrected chi connectivity index (χ3v) is 2.89. The zero-order valence-corrected chi connectivity index (χ0v) is 9.49. The van der Waals surface area contributed by atoms with Gasteiger partial charge in [-0.2, -0.15) is 13.1 Å². The molecule has 0 aliphatic carbocycles. The highest BCUT2D eigenvalue weighted by molar-refractivity contribution is 7.87. The summed E-state index contributed by atoms with van der Waals surface area (Å²) in [6.07, 6.45) is 0. The molecule has 16 heavy (non-hydrogen) atoms. The van der Waals surface area contributed by atoms with Gasteiger partial charge in [0.2, 0.25) is 0 Å². The predicted molar refractivity (Wildman–Crippen MR) is 60.9 cm³/mol. The van der Waals surface area contributed by atoms with Crippen molar-refractivity contribution in [3.63, 3.8) is 0 Å². The quantitative estimate of drug-likeness (QED) is 0.847. The highest BCUT2D eigenvalue weighted by Gasteiger charge is 2.15. The lowest BCUT2D eigenvalue weighted by atomic mass is 10.2. The van der Waals surface area contributed by atoms with Crippen LogP contribution in [0.25, 0.3) is 11.0 Å². The van der Waals surface area contributed by atoms with E-state index < -0.39 is 16.3 Å². The minimum absolute atomic E-state index is 0.484. The van der Waals surface area contributed by atoms with Crippen molar-refractivity contribution in [2.75, 3.05) is 0 Å². The normalized spacial score (nSPS) is 14.1. The van der Waals surface area contributed by atoms with E-state index in [0.29, 0.717) is 5.76 Å². The number of para-hydroxylation sites is 1. The molecule has 1 aromatic carbocycles. The molecule has 0 fully saturated rings. The topological polar surface area (TPSA) is 85.3 Å². The summed E-state index contributed by atoms with van der Waals surface area (Å²) >= 11 is 0. The van der Waals surface area contributed by atoms with Crippen molar-refractivity contribution in [2.24, 2.45) is 5.14 Å². The Kier molecular flexibility index (Phi) is 2.71. The average Bonchev–Trinajstić information content (AvgIpc) is 2.58. The lowest BCUT2D eigenvalue weighted by molar-refractivity contribution is 0.485. The number of benzene rings is 1. The summed E-state index contributed by atoms with van der Waals surface area (Å²) < 4.78 is 29.5. The lowest BCUT2D eigenvalue weighted by Gasteiger charge is -2.07. The predicted octanol–water partition coefficient (Wildman–Crippen LogP) is 1.29. The third-order valence-electron chi connectivity index (χ3n) is 2.21. The number of fused-ring (bicyclic) bond motifs is 1. The Morgan fingerprint density at radius 1 is 1.38 bits per heavy atom. The highest BCUT2D eigenvalue weighted by Crippen LogP contribution is 2.23. The van der Waals surface area contributed by atoms with Gasteiger partial charge in [-0.25, -0.2) is 5.14 Å². The molecule has 5 nitrogen and oxygen atoms in total. The van der Waals surface area contributed by atoms with Crippen LogP contribution in [0.15, 0.2) is 34.7 Å². The van der Waals surface area contributed by atoms with Gasteiger partial charge in [-0.1, -0.05) is 18.2 Å². The van der Waals surface area contributed by atoms with E-state index in [1.165, 1.54) is 0 Å². The molecule has 0 bridgehead atoms. The van der Waals surface area contributed by atoms with Crippen LogP contribution < -0.4 is 9.86 Å². The van der Waals surface area contributed by atoms with Gasteiger partial charge in [0.05, 0.1) is 6.04 Å². The molecule has 2 aromatic rings. The second kappa shape index (κ2) is 3.89. The molecule has 86 valence electrons. The molecular weight excluding hydrogens is 228 g/mol. The number of hydrogen-bond donors (Lipinski definition) is 2. The molecule has 0 saturated carbocycles.